The van der Waals surface area contributed by atoms with E-state index in [4.69, 9.17) is 5.73 Å². The molecule has 3 N–H and O–H groups in total. The van der Waals surface area contributed by atoms with Gasteiger partial charge in [0, 0.05) is 10.7 Å². The molecule has 78 valence electrons. The van der Waals surface area contributed by atoms with Crippen LogP contribution in [0.4, 0.5) is 5.82 Å². The molecular weight excluding hydrogens is 242 g/mol. The summed E-state index contributed by atoms with van der Waals surface area (Å²) in [6, 6.07) is 2.04. The Morgan fingerprint density at radius 2 is 2.29 bits per heavy atom. The smallest absolute Gasteiger partial charge is 0.126 e. The molecule has 1 aromatic heterocycles. The van der Waals surface area contributed by atoms with Gasteiger partial charge in [-0.1, -0.05) is 0 Å². The van der Waals surface area contributed by atoms with E-state index in [1.54, 1.807) is 6.20 Å². The van der Waals surface area contributed by atoms with E-state index >= 15 is 0 Å². The van der Waals surface area contributed by atoms with Crippen LogP contribution >= 0.6 is 15.9 Å². The van der Waals surface area contributed by atoms with Crippen molar-refractivity contribution < 1.29 is 0 Å². The van der Waals surface area contributed by atoms with Crippen molar-refractivity contribution >= 4 is 21.7 Å². The molecule has 0 bridgehead atoms. The second-order valence-electron chi connectivity index (χ2n) is 3.26. The molecule has 0 fully saturated rings. The van der Waals surface area contributed by atoms with E-state index in [0.29, 0.717) is 5.82 Å². The number of halogens is 1. The predicted octanol–water partition coefficient (Wildman–Crippen LogP) is 1.97. The van der Waals surface area contributed by atoms with E-state index in [0.717, 1.165) is 29.4 Å². The molecule has 1 rings (SSSR count). The Morgan fingerprint density at radius 1 is 1.50 bits per heavy atom. The summed E-state index contributed by atoms with van der Waals surface area (Å²) in [5.74, 6) is 0.651. The third kappa shape index (κ3) is 3.64. The lowest BCUT2D eigenvalue weighted by molar-refractivity contribution is 0.677. The van der Waals surface area contributed by atoms with Gasteiger partial charge in [0.2, 0.25) is 0 Å². The zero-order valence-electron chi connectivity index (χ0n) is 8.39. The van der Waals surface area contributed by atoms with Gasteiger partial charge >= 0.3 is 0 Å². The summed E-state index contributed by atoms with van der Waals surface area (Å²) in [7, 11) is 1.97. The van der Waals surface area contributed by atoms with Crippen molar-refractivity contribution in [2.24, 2.45) is 0 Å². The molecule has 4 heteroatoms. The molecule has 0 spiro atoms. The maximum atomic E-state index is 5.76. The molecule has 1 heterocycles. The average Bonchev–Trinajstić information content (AvgIpc) is 2.18. The van der Waals surface area contributed by atoms with Crippen LogP contribution in [0.1, 0.15) is 18.4 Å². The number of anilines is 1. The molecule has 0 saturated heterocycles. The summed E-state index contributed by atoms with van der Waals surface area (Å²) in [4.78, 5) is 4.09. The van der Waals surface area contributed by atoms with Crippen LogP contribution in [0, 0.1) is 0 Å². The minimum absolute atomic E-state index is 0.651. The SMILES string of the molecule is CNCCCCc1cc(Br)cnc1N. The van der Waals surface area contributed by atoms with Gasteiger partial charge in [-0.15, -0.1) is 0 Å². The molecule has 3 nitrogen and oxygen atoms in total. The number of nitrogen functional groups attached to an aromatic ring is 1. The van der Waals surface area contributed by atoms with Gasteiger partial charge in [-0.2, -0.15) is 0 Å². The van der Waals surface area contributed by atoms with Crippen molar-refractivity contribution in [1.29, 1.82) is 0 Å². The number of hydrogen-bond acceptors (Lipinski definition) is 3. The molecule has 0 aliphatic rings. The monoisotopic (exact) mass is 257 g/mol. The van der Waals surface area contributed by atoms with Crippen molar-refractivity contribution in [2.45, 2.75) is 19.3 Å². The highest BCUT2D eigenvalue weighted by molar-refractivity contribution is 9.10. The van der Waals surface area contributed by atoms with Gasteiger partial charge in [-0.25, -0.2) is 4.98 Å². The quantitative estimate of drug-likeness (QED) is 0.794. The first-order valence-corrected chi connectivity index (χ1v) is 5.58. The maximum absolute atomic E-state index is 5.76. The second kappa shape index (κ2) is 5.98. The fourth-order valence-electron chi connectivity index (χ4n) is 1.31. The first kappa shape index (κ1) is 11.5. The number of rotatable bonds is 5. The van der Waals surface area contributed by atoms with E-state index in [9.17, 15) is 0 Å². The Balaban J connectivity index is 2.45. The maximum Gasteiger partial charge on any atom is 0.126 e. The van der Waals surface area contributed by atoms with Gasteiger partial charge in [0.1, 0.15) is 5.82 Å². The number of pyridine rings is 1. The topological polar surface area (TPSA) is 50.9 Å². The van der Waals surface area contributed by atoms with E-state index in [1.807, 2.05) is 13.1 Å². The molecule has 0 aliphatic heterocycles. The summed E-state index contributed by atoms with van der Waals surface area (Å²) in [6.07, 6.45) is 5.04. The van der Waals surface area contributed by atoms with Crippen LogP contribution in [0.5, 0.6) is 0 Å². The summed E-state index contributed by atoms with van der Waals surface area (Å²) < 4.78 is 0.996. The third-order valence-electron chi connectivity index (χ3n) is 2.09. The predicted molar refractivity (Wildman–Crippen MR) is 63.2 cm³/mol. The lowest BCUT2D eigenvalue weighted by atomic mass is 10.1. The Labute approximate surface area is 93.2 Å². The van der Waals surface area contributed by atoms with Crippen LogP contribution < -0.4 is 11.1 Å². The van der Waals surface area contributed by atoms with Crippen LogP contribution in [-0.4, -0.2) is 18.6 Å². The highest BCUT2D eigenvalue weighted by atomic mass is 79.9. The zero-order chi connectivity index (χ0) is 10.4. The highest BCUT2D eigenvalue weighted by Gasteiger charge is 2.00. The van der Waals surface area contributed by atoms with Crippen LogP contribution in [0.3, 0.4) is 0 Å². The number of nitrogens with zero attached hydrogens (tertiary/aromatic N) is 1. The fourth-order valence-corrected chi connectivity index (χ4v) is 1.69. The molecule has 0 aromatic carbocycles. The molecule has 0 aliphatic carbocycles. The van der Waals surface area contributed by atoms with E-state index in [2.05, 4.69) is 26.2 Å². The van der Waals surface area contributed by atoms with Gasteiger partial charge in [0.25, 0.3) is 0 Å². The van der Waals surface area contributed by atoms with Crippen LogP contribution in [-0.2, 0) is 6.42 Å². The Hall–Kier alpha value is -0.610. The molecule has 0 radical (unpaired) electrons. The van der Waals surface area contributed by atoms with Crippen molar-refractivity contribution in [3.05, 3.63) is 22.3 Å². The number of aryl methyl sites for hydroxylation is 1. The van der Waals surface area contributed by atoms with Gasteiger partial charge in [-0.05, 0) is 60.4 Å². The van der Waals surface area contributed by atoms with E-state index < -0.39 is 0 Å². The van der Waals surface area contributed by atoms with E-state index in [-0.39, 0.29) is 0 Å². The Bertz CT molecular complexity index is 289. The zero-order valence-corrected chi connectivity index (χ0v) is 9.97. The van der Waals surface area contributed by atoms with Gasteiger partial charge in [0.15, 0.2) is 0 Å². The summed E-state index contributed by atoms with van der Waals surface area (Å²) >= 11 is 3.39. The minimum Gasteiger partial charge on any atom is -0.383 e. The molecule has 0 amide bonds. The van der Waals surface area contributed by atoms with Gasteiger partial charge < -0.3 is 11.1 Å². The highest BCUT2D eigenvalue weighted by Crippen LogP contribution is 2.17. The van der Waals surface area contributed by atoms with Gasteiger partial charge in [-0.3, -0.25) is 0 Å². The fraction of sp³-hybridized carbons (Fsp3) is 0.500. The standard InChI is InChI=1S/C10H16BrN3/c1-13-5-3-2-4-8-6-9(11)7-14-10(8)12/h6-7,13H,2-5H2,1H3,(H2,12,14). The normalized spacial score (nSPS) is 10.4. The number of hydrogen-bond donors (Lipinski definition) is 2. The summed E-state index contributed by atoms with van der Waals surface area (Å²) in [5, 5.41) is 3.12. The number of nitrogens with two attached hydrogens (primary N) is 1. The Morgan fingerprint density at radius 3 is 3.00 bits per heavy atom. The van der Waals surface area contributed by atoms with Crippen LogP contribution in [0.25, 0.3) is 0 Å². The molecule has 0 saturated carbocycles. The molecule has 1 aromatic rings. The second-order valence-corrected chi connectivity index (χ2v) is 4.17. The molecule has 14 heavy (non-hydrogen) atoms. The van der Waals surface area contributed by atoms with Crippen LogP contribution in [0.15, 0.2) is 16.7 Å². The summed E-state index contributed by atoms with van der Waals surface area (Å²) in [5.41, 5.74) is 6.89. The minimum atomic E-state index is 0.651. The number of unbranched alkanes of at least 4 members (excludes halogenated alkanes) is 1. The van der Waals surface area contributed by atoms with Crippen molar-refractivity contribution in [2.75, 3.05) is 19.3 Å². The molecule has 0 atom stereocenters. The first-order chi connectivity index (χ1) is 6.74. The Kier molecular flexibility index (Phi) is 4.90. The first-order valence-electron chi connectivity index (χ1n) is 4.78. The van der Waals surface area contributed by atoms with Crippen molar-refractivity contribution in [1.82, 2.24) is 10.3 Å². The van der Waals surface area contributed by atoms with E-state index in [1.165, 1.54) is 6.42 Å². The van der Waals surface area contributed by atoms with Crippen molar-refractivity contribution in [3.8, 4) is 0 Å². The average molecular weight is 258 g/mol. The summed E-state index contributed by atoms with van der Waals surface area (Å²) in [6.45, 7) is 1.06. The van der Waals surface area contributed by atoms with Gasteiger partial charge in [0.05, 0.1) is 0 Å². The van der Waals surface area contributed by atoms with Crippen LogP contribution in [0.2, 0.25) is 0 Å². The largest absolute Gasteiger partial charge is 0.383 e. The third-order valence-corrected chi connectivity index (χ3v) is 2.52. The molecule has 0 unspecified atom stereocenters. The lowest BCUT2D eigenvalue weighted by Crippen LogP contribution is -2.08. The lowest BCUT2D eigenvalue weighted by Gasteiger charge is -2.04. The number of nitrogens with one attached hydrogen (secondary N) is 1. The number of aromatic nitrogens is 1. The van der Waals surface area contributed by atoms with Crippen molar-refractivity contribution in [3.63, 3.8) is 0 Å². The molecular formula is C10H16BrN3.